The maximum Gasteiger partial charge on any atom is 0.255 e. The number of nitrogens with one attached hydrogen (secondary N) is 4. The highest BCUT2D eigenvalue weighted by atomic mass is 35.5. The van der Waals surface area contributed by atoms with Crippen LogP contribution in [0.15, 0.2) is 65.7 Å². The molecule has 2 aliphatic heterocycles. The molecular formula is C30H33ClN6O5. The Kier molecular flexibility index (Phi) is 8.81. The van der Waals surface area contributed by atoms with Crippen molar-refractivity contribution in [3.63, 3.8) is 0 Å². The predicted octanol–water partition coefficient (Wildman–Crippen LogP) is 2.89. The third-order valence-electron chi connectivity index (χ3n) is 7.29. The third-order valence-corrected chi connectivity index (χ3v) is 7.54. The first-order chi connectivity index (χ1) is 20.3. The molecule has 6 N–H and O–H groups in total. The summed E-state index contributed by atoms with van der Waals surface area (Å²) in [5.41, 5.74) is 10.0. The van der Waals surface area contributed by atoms with Crippen LogP contribution in [0.5, 0.6) is 17.2 Å². The fraction of sp³-hybridized carbons (Fsp3) is 0.300. The summed E-state index contributed by atoms with van der Waals surface area (Å²) in [5, 5.41) is 25.7. The molecule has 0 bridgehead atoms. The van der Waals surface area contributed by atoms with Crippen LogP contribution in [0.1, 0.15) is 41.3 Å². The first-order valence-electron chi connectivity index (χ1n) is 13.6. The fourth-order valence-corrected chi connectivity index (χ4v) is 5.30. The lowest BCUT2D eigenvalue weighted by molar-refractivity contribution is -0.121. The Hall–Kier alpha value is -4.32. The van der Waals surface area contributed by atoms with Crippen LogP contribution < -0.4 is 31.1 Å². The van der Waals surface area contributed by atoms with E-state index in [4.69, 9.17) is 21.3 Å². The molecule has 2 heterocycles. The largest absolute Gasteiger partial charge is 0.504 e. The molecule has 11 nitrogen and oxygen atoms in total. The average molecular weight is 593 g/mol. The Bertz CT molecular complexity index is 1500. The maximum absolute atomic E-state index is 13.1. The van der Waals surface area contributed by atoms with E-state index in [0.29, 0.717) is 23.7 Å². The van der Waals surface area contributed by atoms with Crippen LogP contribution in [-0.2, 0) is 4.79 Å². The van der Waals surface area contributed by atoms with E-state index < -0.39 is 17.7 Å². The zero-order chi connectivity index (χ0) is 29.8. The molecule has 3 aromatic carbocycles. The number of amides is 2. The van der Waals surface area contributed by atoms with Gasteiger partial charge >= 0.3 is 0 Å². The molecule has 220 valence electrons. The fourth-order valence-electron chi connectivity index (χ4n) is 5.17. The van der Waals surface area contributed by atoms with Crippen molar-refractivity contribution in [3.8, 4) is 17.2 Å². The van der Waals surface area contributed by atoms with Gasteiger partial charge in [0.15, 0.2) is 11.5 Å². The van der Waals surface area contributed by atoms with Crippen molar-refractivity contribution in [2.24, 2.45) is 4.99 Å². The molecule has 12 heteroatoms. The number of hydrogen-bond donors (Lipinski definition) is 6. The number of aliphatic imine (C=N–C) groups is 1. The van der Waals surface area contributed by atoms with E-state index in [0.717, 1.165) is 22.5 Å². The lowest BCUT2D eigenvalue weighted by atomic mass is 9.99. The minimum absolute atomic E-state index is 0.0168. The minimum Gasteiger partial charge on any atom is -0.504 e. The number of rotatable bonds is 9. The lowest BCUT2D eigenvalue weighted by Crippen LogP contribution is -2.47. The summed E-state index contributed by atoms with van der Waals surface area (Å²) in [7, 11) is 1.62. The van der Waals surface area contributed by atoms with E-state index in [9.17, 15) is 19.8 Å². The Morgan fingerprint density at radius 1 is 1.05 bits per heavy atom. The number of phenolic OH excluding ortho intramolecular Hbond substituents is 2. The minimum atomic E-state index is -0.512. The van der Waals surface area contributed by atoms with Gasteiger partial charge in [-0.2, -0.15) is 0 Å². The monoisotopic (exact) mass is 592 g/mol. The lowest BCUT2D eigenvalue weighted by Gasteiger charge is -2.31. The first-order valence-corrected chi connectivity index (χ1v) is 14.0. The van der Waals surface area contributed by atoms with Gasteiger partial charge in [0.05, 0.1) is 37.0 Å². The van der Waals surface area contributed by atoms with Crippen LogP contribution in [0, 0.1) is 0 Å². The molecule has 0 aliphatic carbocycles. The molecule has 0 radical (unpaired) electrons. The van der Waals surface area contributed by atoms with Crippen LogP contribution in [0.2, 0.25) is 5.02 Å². The Morgan fingerprint density at radius 2 is 1.81 bits per heavy atom. The number of phenols is 2. The van der Waals surface area contributed by atoms with Crippen LogP contribution >= 0.6 is 11.6 Å². The molecule has 3 aromatic rings. The summed E-state index contributed by atoms with van der Waals surface area (Å²) in [6.07, 6.45) is 0.228. The molecule has 0 spiro atoms. The van der Waals surface area contributed by atoms with Gasteiger partial charge in [0.1, 0.15) is 11.9 Å². The first kappa shape index (κ1) is 29.2. The van der Waals surface area contributed by atoms with Crippen molar-refractivity contribution >= 4 is 34.8 Å². The highest BCUT2D eigenvalue weighted by Gasteiger charge is 2.40. The van der Waals surface area contributed by atoms with E-state index in [1.54, 1.807) is 7.11 Å². The van der Waals surface area contributed by atoms with E-state index in [1.165, 1.54) is 18.2 Å². The van der Waals surface area contributed by atoms with Crippen molar-refractivity contribution < 1.29 is 24.5 Å². The number of anilines is 1. The molecule has 3 atom stereocenters. The summed E-state index contributed by atoms with van der Waals surface area (Å²) < 4.78 is 5.53. The Morgan fingerprint density at radius 3 is 2.57 bits per heavy atom. The number of aromatic hydroxyl groups is 2. The van der Waals surface area contributed by atoms with Gasteiger partial charge in [-0.15, -0.1) is 0 Å². The molecule has 2 aliphatic rings. The zero-order valence-corrected chi connectivity index (χ0v) is 24.0. The van der Waals surface area contributed by atoms with Crippen LogP contribution in [0.25, 0.3) is 0 Å². The van der Waals surface area contributed by atoms with Crippen molar-refractivity contribution in [2.75, 3.05) is 25.1 Å². The molecular weight excluding hydrogens is 560 g/mol. The molecule has 0 saturated carbocycles. The molecule has 42 heavy (non-hydrogen) atoms. The standard InChI is InChI=1S/C30H33ClN6O5/c1-17-35-36-29-23(16-26(39)32-13-4-14-33-30(41)21-5-3-6-25(38)28(21)40)34-27(18-7-9-19(31)10-8-18)22-15-20(42-2)11-12-24(22)37(17)29/h3,5-12,15,17,23,29,35-36,38,40H,4,13-14,16H2,1-2H3,(H,32,39)(H,33,41). The number of benzene rings is 3. The van der Waals surface area contributed by atoms with Crippen LogP contribution in [-0.4, -0.2) is 66.3 Å². The second-order valence-corrected chi connectivity index (χ2v) is 10.5. The zero-order valence-electron chi connectivity index (χ0n) is 23.2. The number of ether oxygens (including phenoxy) is 1. The summed E-state index contributed by atoms with van der Waals surface area (Å²) in [6.45, 7) is 2.64. The van der Waals surface area contributed by atoms with E-state index in [1.807, 2.05) is 49.4 Å². The highest BCUT2D eigenvalue weighted by molar-refractivity contribution is 6.30. The number of halogens is 1. The number of methoxy groups -OCH3 is 1. The van der Waals surface area contributed by atoms with Crippen LogP contribution in [0.4, 0.5) is 5.69 Å². The van der Waals surface area contributed by atoms with Gasteiger partial charge in [-0.25, -0.2) is 10.9 Å². The second kappa shape index (κ2) is 12.7. The van der Waals surface area contributed by atoms with Gasteiger partial charge in [0.25, 0.3) is 5.91 Å². The molecule has 1 fully saturated rings. The summed E-state index contributed by atoms with van der Waals surface area (Å²) >= 11 is 6.17. The van der Waals surface area contributed by atoms with E-state index in [2.05, 4.69) is 26.4 Å². The highest BCUT2D eigenvalue weighted by Crippen LogP contribution is 2.36. The van der Waals surface area contributed by atoms with Gasteiger partial charge in [-0.3, -0.25) is 14.6 Å². The van der Waals surface area contributed by atoms with Crippen LogP contribution in [0.3, 0.4) is 0 Å². The number of carbonyl (C=O) groups excluding carboxylic acids is 2. The van der Waals surface area contributed by atoms with Crippen molar-refractivity contribution in [1.29, 1.82) is 0 Å². The number of para-hydroxylation sites is 1. The average Bonchev–Trinajstić information content (AvgIpc) is 3.31. The summed E-state index contributed by atoms with van der Waals surface area (Å²) in [5.74, 6) is -0.826. The van der Waals surface area contributed by atoms with Crippen molar-refractivity contribution in [2.45, 2.75) is 38.1 Å². The SMILES string of the molecule is COc1ccc2c(c1)C(c1ccc(Cl)cc1)=NC(CC(=O)NCCCNC(=O)c1cccc(O)c1O)C1NNC(C)N21. The van der Waals surface area contributed by atoms with Gasteiger partial charge in [0.2, 0.25) is 5.91 Å². The normalized spacial score (nSPS) is 19.3. The molecule has 5 rings (SSSR count). The van der Waals surface area contributed by atoms with Crippen molar-refractivity contribution in [3.05, 3.63) is 82.4 Å². The molecule has 0 aromatic heterocycles. The Labute approximate surface area is 248 Å². The number of hydrogen-bond acceptors (Lipinski definition) is 9. The number of hydrazine groups is 1. The topological polar surface area (TPSA) is 148 Å². The third kappa shape index (κ3) is 6.13. The Balaban J connectivity index is 1.29. The van der Waals surface area contributed by atoms with Crippen molar-refractivity contribution in [1.82, 2.24) is 21.5 Å². The second-order valence-electron chi connectivity index (χ2n) is 10.1. The van der Waals surface area contributed by atoms with Gasteiger partial charge in [0, 0.05) is 34.9 Å². The maximum atomic E-state index is 13.1. The number of fused-ring (bicyclic) bond motifs is 3. The molecule has 2 amide bonds. The summed E-state index contributed by atoms with van der Waals surface area (Å²) in [4.78, 5) is 32.8. The summed E-state index contributed by atoms with van der Waals surface area (Å²) in [6, 6.07) is 17.1. The number of nitrogens with zero attached hydrogens (tertiary/aromatic N) is 2. The molecule has 3 unspecified atom stereocenters. The van der Waals surface area contributed by atoms with Gasteiger partial charge in [-0.05, 0) is 55.8 Å². The van der Waals surface area contributed by atoms with Gasteiger partial charge in [-0.1, -0.05) is 29.8 Å². The quantitative estimate of drug-likeness (QED) is 0.164. The van der Waals surface area contributed by atoms with E-state index in [-0.39, 0.29) is 42.5 Å². The van der Waals surface area contributed by atoms with E-state index >= 15 is 0 Å². The van der Waals surface area contributed by atoms with Gasteiger partial charge < -0.3 is 30.5 Å². The number of carbonyl (C=O) groups is 2. The predicted molar refractivity (Wildman–Crippen MR) is 160 cm³/mol. The molecule has 1 saturated heterocycles. The smallest absolute Gasteiger partial charge is 0.255 e.